The molecule has 3 aliphatic rings. The van der Waals surface area contributed by atoms with Gasteiger partial charge in [0.25, 0.3) is 0 Å². The van der Waals surface area contributed by atoms with Crippen LogP contribution in [0.4, 0.5) is 0 Å². The van der Waals surface area contributed by atoms with Gasteiger partial charge in [-0.1, -0.05) is 0 Å². The van der Waals surface area contributed by atoms with E-state index >= 15 is 0 Å². The van der Waals surface area contributed by atoms with Crippen molar-refractivity contribution in [2.75, 3.05) is 13.2 Å². The Balaban J connectivity index is 1.89. The van der Waals surface area contributed by atoms with E-state index in [0.29, 0.717) is 6.61 Å². The fraction of sp³-hybridized carbons (Fsp3) is 1.00. The van der Waals surface area contributed by atoms with Crippen molar-refractivity contribution in [3.8, 4) is 0 Å². The largest absolute Gasteiger partial charge is 0.343 e. The van der Waals surface area contributed by atoms with E-state index < -0.39 is 23.5 Å². The smallest absolute Gasteiger partial charge is 0.225 e. The van der Waals surface area contributed by atoms with Gasteiger partial charge in [-0.15, -0.1) is 0 Å². The van der Waals surface area contributed by atoms with Gasteiger partial charge in [0.1, 0.15) is 24.9 Å². The first-order valence-corrected chi connectivity index (χ1v) is 6.77. The van der Waals surface area contributed by atoms with Gasteiger partial charge in [0, 0.05) is 0 Å². The van der Waals surface area contributed by atoms with Gasteiger partial charge in [-0.05, 0) is 40.6 Å². The Kier molecular flexibility index (Phi) is 3.18. The summed E-state index contributed by atoms with van der Waals surface area (Å²) in [5.74, 6) is -2.40. The molecule has 3 saturated heterocycles. The summed E-state index contributed by atoms with van der Waals surface area (Å²) in [6.07, 6.45) is -0.810. The van der Waals surface area contributed by atoms with Crippen molar-refractivity contribution in [2.24, 2.45) is 0 Å². The molecular weight excluding hydrogens is 272 g/mol. The van der Waals surface area contributed by atoms with Gasteiger partial charge in [0.2, 0.25) is 5.79 Å². The molecule has 0 aliphatic carbocycles. The molecule has 3 aliphatic heterocycles. The van der Waals surface area contributed by atoms with Crippen LogP contribution in [0.3, 0.4) is 0 Å². The van der Waals surface area contributed by atoms with Crippen LogP contribution in [-0.4, -0.2) is 48.9 Å². The third kappa shape index (κ3) is 2.31. The zero-order valence-corrected chi connectivity index (χ0v) is 12.4. The molecule has 0 aromatic rings. The Morgan fingerprint density at radius 2 is 1.84 bits per heavy atom. The molecule has 4 atom stereocenters. The van der Waals surface area contributed by atoms with Crippen molar-refractivity contribution in [1.29, 1.82) is 0 Å². The van der Waals surface area contributed by atoms with Gasteiger partial charge in [-0.25, -0.2) is 0 Å². The van der Waals surface area contributed by atoms with Crippen molar-refractivity contribution in [1.82, 2.24) is 0 Å². The van der Waals surface area contributed by atoms with Crippen LogP contribution in [0.15, 0.2) is 0 Å². The summed E-state index contributed by atoms with van der Waals surface area (Å²) in [7, 11) is 0. The fourth-order valence-electron chi connectivity index (χ4n) is 3.04. The van der Waals surface area contributed by atoms with E-state index in [1.165, 1.54) is 0 Å². The molecule has 110 valence electrons. The molecule has 0 N–H and O–H groups in total. The predicted molar refractivity (Wildman–Crippen MR) is 67.5 cm³/mol. The second-order valence-electron chi connectivity index (χ2n) is 6.08. The third-order valence-corrected chi connectivity index (χ3v) is 3.67. The second-order valence-corrected chi connectivity index (χ2v) is 6.33. The lowest BCUT2D eigenvalue weighted by atomic mass is 9.98. The minimum Gasteiger partial charge on any atom is -0.343 e. The molecule has 0 aromatic carbocycles. The molecule has 0 spiro atoms. The number of fused-ring (bicyclic) bond motifs is 3. The van der Waals surface area contributed by atoms with Crippen LogP contribution >= 0.6 is 12.9 Å². The summed E-state index contributed by atoms with van der Waals surface area (Å²) in [5.41, 5.74) is 0. The van der Waals surface area contributed by atoms with Gasteiger partial charge in [0.15, 0.2) is 11.6 Å². The Morgan fingerprint density at radius 1 is 1.11 bits per heavy atom. The summed E-state index contributed by atoms with van der Waals surface area (Å²) in [5, 5.41) is 0. The summed E-state index contributed by atoms with van der Waals surface area (Å²) in [6.45, 7) is 7.97. The Hall–Kier alpha value is 0.110. The standard InChI is InChI=1S/C12H20O6S/c1-10(2)15-7-5-13-12(6-14-19)9(8(7)16-10)17-11(3,4)18-12/h7-9,19H,5-6H2,1-4H3/t7-,8-,9+,12+/m1/s1. The first-order valence-electron chi connectivity index (χ1n) is 6.41. The molecule has 0 unspecified atom stereocenters. The number of hydrogen-bond donors (Lipinski definition) is 1. The maximum absolute atomic E-state index is 5.95. The molecule has 0 amide bonds. The zero-order chi connectivity index (χ0) is 13.9. The monoisotopic (exact) mass is 292 g/mol. The van der Waals surface area contributed by atoms with Crippen molar-refractivity contribution in [3.05, 3.63) is 0 Å². The van der Waals surface area contributed by atoms with E-state index in [4.69, 9.17) is 27.9 Å². The maximum atomic E-state index is 5.95. The molecule has 0 aromatic heterocycles. The Labute approximate surface area is 118 Å². The maximum Gasteiger partial charge on any atom is 0.225 e. The minimum absolute atomic E-state index is 0.162. The highest BCUT2D eigenvalue weighted by atomic mass is 32.1. The van der Waals surface area contributed by atoms with E-state index in [0.717, 1.165) is 0 Å². The van der Waals surface area contributed by atoms with Crippen molar-refractivity contribution < 1.29 is 27.9 Å². The first kappa shape index (κ1) is 14.1. The van der Waals surface area contributed by atoms with Crippen molar-refractivity contribution in [2.45, 2.75) is 63.4 Å². The highest BCUT2D eigenvalue weighted by Gasteiger charge is 2.65. The van der Waals surface area contributed by atoms with E-state index in [2.05, 4.69) is 12.9 Å². The molecule has 3 rings (SSSR count). The van der Waals surface area contributed by atoms with Crippen LogP contribution in [0, 0.1) is 0 Å². The highest BCUT2D eigenvalue weighted by molar-refractivity contribution is 7.75. The van der Waals surface area contributed by atoms with E-state index in [1.807, 2.05) is 27.7 Å². The van der Waals surface area contributed by atoms with Gasteiger partial charge < -0.3 is 27.9 Å². The van der Waals surface area contributed by atoms with Gasteiger partial charge >= 0.3 is 0 Å². The van der Waals surface area contributed by atoms with Crippen LogP contribution < -0.4 is 0 Å². The number of thiol groups is 1. The van der Waals surface area contributed by atoms with Gasteiger partial charge in [-0.3, -0.25) is 0 Å². The van der Waals surface area contributed by atoms with Crippen LogP contribution in [0.2, 0.25) is 0 Å². The molecule has 6 nitrogen and oxygen atoms in total. The molecular formula is C12H20O6S. The molecule has 19 heavy (non-hydrogen) atoms. The lowest BCUT2D eigenvalue weighted by Gasteiger charge is -2.39. The van der Waals surface area contributed by atoms with Crippen LogP contribution in [0.25, 0.3) is 0 Å². The predicted octanol–water partition coefficient (Wildman–Crippen LogP) is 1.25. The Morgan fingerprint density at radius 3 is 2.53 bits per heavy atom. The van der Waals surface area contributed by atoms with Gasteiger partial charge in [-0.2, -0.15) is 0 Å². The number of ether oxygens (including phenoxy) is 5. The topological polar surface area (TPSA) is 55.4 Å². The SMILES string of the molecule is CC1(C)O[C@@H]2[C@@H](CO[C@@]3(COS)OC(C)(C)O[C@@H]23)O1. The molecule has 7 heteroatoms. The third-order valence-electron chi connectivity index (χ3n) is 3.54. The summed E-state index contributed by atoms with van der Waals surface area (Å²) in [4.78, 5) is 0. The summed E-state index contributed by atoms with van der Waals surface area (Å²) < 4.78 is 34.4. The van der Waals surface area contributed by atoms with Crippen molar-refractivity contribution >= 4 is 12.9 Å². The fourth-order valence-corrected chi connectivity index (χ4v) is 3.22. The average Bonchev–Trinajstić information content (AvgIpc) is 2.71. The number of hydrogen-bond acceptors (Lipinski definition) is 7. The molecule has 3 fully saturated rings. The quantitative estimate of drug-likeness (QED) is 0.610. The summed E-state index contributed by atoms with van der Waals surface area (Å²) in [6, 6.07) is 0. The second kappa shape index (κ2) is 4.30. The van der Waals surface area contributed by atoms with E-state index in [1.54, 1.807) is 0 Å². The minimum atomic E-state index is -0.990. The average molecular weight is 292 g/mol. The van der Waals surface area contributed by atoms with E-state index in [9.17, 15) is 0 Å². The molecule has 0 bridgehead atoms. The van der Waals surface area contributed by atoms with Crippen molar-refractivity contribution in [3.63, 3.8) is 0 Å². The van der Waals surface area contributed by atoms with Crippen LogP contribution in [0.5, 0.6) is 0 Å². The normalized spacial score (nSPS) is 46.9. The first-order chi connectivity index (χ1) is 8.77. The zero-order valence-electron chi connectivity index (χ0n) is 11.5. The molecule has 3 heterocycles. The summed E-state index contributed by atoms with van der Waals surface area (Å²) >= 11 is 3.81. The van der Waals surface area contributed by atoms with Crippen LogP contribution in [0.1, 0.15) is 27.7 Å². The Bertz CT molecular complexity index is 373. The van der Waals surface area contributed by atoms with E-state index in [-0.39, 0.29) is 18.8 Å². The van der Waals surface area contributed by atoms with Crippen LogP contribution in [-0.2, 0) is 27.9 Å². The lowest BCUT2D eigenvalue weighted by molar-refractivity contribution is -0.289. The van der Waals surface area contributed by atoms with Gasteiger partial charge in [0.05, 0.1) is 6.61 Å². The molecule has 0 saturated carbocycles. The lowest BCUT2D eigenvalue weighted by Crippen LogP contribution is -2.60. The highest BCUT2D eigenvalue weighted by Crippen LogP contribution is 2.47. The molecule has 0 radical (unpaired) electrons. The number of rotatable bonds is 2.